The zero-order chi connectivity index (χ0) is 11.1. The normalized spacial score (nSPS) is 9.40. The number of amidine groups is 1. The summed E-state index contributed by atoms with van der Waals surface area (Å²) in [7, 11) is 0. The Kier molecular flexibility index (Phi) is 4.28. The number of ether oxygens (including phenoxy) is 1. The molecular weight excluding hydrogens is 199 g/mol. The summed E-state index contributed by atoms with van der Waals surface area (Å²) in [5.74, 6) is 0.201. The van der Waals surface area contributed by atoms with Crippen LogP contribution in [0, 0.1) is 11.2 Å². The van der Waals surface area contributed by atoms with Crippen LogP contribution < -0.4 is 10.1 Å². The second kappa shape index (κ2) is 5.74. The first-order valence-corrected chi connectivity index (χ1v) is 4.27. The van der Waals surface area contributed by atoms with E-state index >= 15 is 0 Å². The van der Waals surface area contributed by atoms with Crippen molar-refractivity contribution >= 4 is 12.1 Å². The number of hydrogen-bond donors (Lipinski definition) is 2. The molecule has 0 aliphatic heterocycles. The number of benzene rings is 1. The largest absolute Gasteiger partial charge is 0.486 e. The highest BCUT2D eigenvalue weighted by Crippen LogP contribution is 2.10. The molecule has 0 bridgehead atoms. The van der Waals surface area contributed by atoms with Crippen molar-refractivity contribution in [1.82, 2.24) is 5.32 Å². The highest BCUT2D eigenvalue weighted by atomic mass is 19.1. The molecule has 0 amide bonds. The van der Waals surface area contributed by atoms with E-state index in [1.165, 1.54) is 24.3 Å². The highest BCUT2D eigenvalue weighted by molar-refractivity contribution is 5.82. The highest BCUT2D eigenvalue weighted by Gasteiger charge is 1.98. The van der Waals surface area contributed by atoms with Crippen molar-refractivity contribution in [3.63, 3.8) is 0 Å². The fourth-order valence-electron chi connectivity index (χ4n) is 0.880. The fraction of sp³-hybridized carbons (Fsp3) is 0.200. The second-order valence-electron chi connectivity index (χ2n) is 2.72. The molecular formula is C10H10FN2O2. The maximum Gasteiger partial charge on any atom is 0.219 e. The van der Waals surface area contributed by atoms with Crippen molar-refractivity contribution in [2.75, 3.05) is 13.2 Å². The minimum Gasteiger partial charge on any atom is -0.486 e. The van der Waals surface area contributed by atoms with E-state index in [1.807, 2.05) is 0 Å². The lowest BCUT2D eigenvalue weighted by Gasteiger charge is -2.07. The topological polar surface area (TPSA) is 62.2 Å². The van der Waals surface area contributed by atoms with Gasteiger partial charge in [0.05, 0.1) is 6.54 Å². The third-order valence-corrected chi connectivity index (χ3v) is 1.57. The molecule has 0 heterocycles. The molecule has 0 fully saturated rings. The van der Waals surface area contributed by atoms with E-state index in [1.54, 1.807) is 6.29 Å². The summed E-state index contributed by atoms with van der Waals surface area (Å²) in [6, 6.07) is 5.47. The summed E-state index contributed by atoms with van der Waals surface area (Å²) >= 11 is 0. The molecule has 4 nitrogen and oxygen atoms in total. The number of rotatable bonds is 5. The van der Waals surface area contributed by atoms with Gasteiger partial charge in [0, 0.05) is 0 Å². The van der Waals surface area contributed by atoms with Crippen LogP contribution in [0.4, 0.5) is 4.39 Å². The quantitative estimate of drug-likeness (QED) is 0.559. The number of nitrogens with one attached hydrogen (secondary N) is 2. The van der Waals surface area contributed by atoms with E-state index < -0.39 is 0 Å². The van der Waals surface area contributed by atoms with Crippen molar-refractivity contribution in [2.24, 2.45) is 0 Å². The van der Waals surface area contributed by atoms with Crippen LogP contribution in [0.5, 0.6) is 5.75 Å². The smallest absolute Gasteiger partial charge is 0.219 e. The van der Waals surface area contributed by atoms with E-state index in [0.717, 1.165) is 0 Å². The standard InChI is InChI=1S/C10H10FN2O2/c11-8-1-3-9(4-2-8)15-7-10(12)13-5-6-14/h1-4H,5,7H2,(H2,12,13). The summed E-state index contributed by atoms with van der Waals surface area (Å²) < 4.78 is 17.6. The summed E-state index contributed by atoms with van der Waals surface area (Å²) in [6.07, 6.45) is 1.60. The maximum absolute atomic E-state index is 12.5. The third-order valence-electron chi connectivity index (χ3n) is 1.57. The first-order chi connectivity index (χ1) is 7.22. The van der Waals surface area contributed by atoms with E-state index in [-0.39, 0.29) is 24.8 Å². The molecule has 1 radical (unpaired) electrons. The van der Waals surface area contributed by atoms with Crippen LogP contribution in [0.15, 0.2) is 24.3 Å². The van der Waals surface area contributed by atoms with Gasteiger partial charge in [-0.3, -0.25) is 10.2 Å². The lowest BCUT2D eigenvalue weighted by molar-refractivity contribution is 0.371. The Bertz CT molecular complexity index is 338. The molecule has 0 spiro atoms. The molecule has 1 aromatic carbocycles. The van der Waals surface area contributed by atoms with Crippen molar-refractivity contribution in [3.05, 3.63) is 30.1 Å². The molecule has 15 heavy (non-hydrogen) atoms. The van der Waals surface area contributed by atoms with E-state index in [0.29, 0.717) is 5.75 Å². The Morgan fingerprint density at radius 2 is 2.13 bits per heavy atom. The Morgan fingerprint density at radius 3 is 2.73 bits per heavy atom. The average Bonchev–Trinajstić information content (AvgIpc) is 2.25. The molecule has 2 N–H and O–H groups in total. The molecule has 0 saturated carbocycles. The molecule has 0 unspecified atom stereocenters. The molecule has 0 aliphatic carbocycles. The monoisotopic (exact) mass is 209 g/mol. The van der Waals surface area contributed by atoms with Crippen molar-refractivity contribution < 1.29 is 13.9 Å². The lowest BCUT2D eigenvalue weighted by Crippen LogP contribution is -2.29. The lowest BCUT2D eigenvalue weighted by atomic mass is 10.3. The number of hydrogen-bond acceptors (Lipinski definition) is 3. The van der Waals surface area contributed by atoms with E-state index in [2.05, 4.69) is 5.32 Å². The summed E-state index contributed by atoms with van der Waals surface area (Å²) in [5, 5.41) is 9.77. The maximum atomic E-state index is 12.5. The predicted octanol–water partition coefficient (Wildman–Crippen LogP) is 0.881. The van der Waals surface area contributed by atoms with E-state index in [9.17, 15) is 9.18 Å². The summed E-state index contributed by atoms with van der Waals surface area (Å²) in [4.78, 5) is 9.85. The Morgan fingerprint density at radius 1 is 1.47 bits per heavy atom. The number of halogens is 1. The predicted molar refractivity (Wildman–Crippen MR) is 53.3 cm³/mol. The van der Waals surface area contributed by atoms with Crippen LogP contribution in [0.25, 0.3) is 0 Å². The Balaban J connectivity index is 2.33. The van der Waals surface area contributed by atoms with Crippen LogP contribution in [-0.4, -0.2) is 25.3 Å². The van der Waals surface area contributed by atoms with Crippen LogP contribution in [0.3, 0.4) is 0 Å². The van der Waals surface area contributed by atoms with Crippen LogP contribution >= 0.6 is 0 Å². The molecule has 5 heteroatoms. The van der Waals surface area contributed by atoms with Gasteiger partial charge < -0.3 is 10.1 Å². The van der Waals surface area contributed by atoms with Crippen molar-refractivity contribution in [3.8, 4) is 5.75 Å². The van der Waals surface area contributed by atoms with E-state index in [4.69, 9.17) is 10.1 Å². The van der Waals surface area contributed by atoms with Gasteiger partial charge in [-0.15, -0.1) is 0 Å². The van der Waals surface area contributed by atoms with Gasteiger partial charge in [-0.1, -0.05) is 0 Å². The van der Waals surface area contributed by atoms with Gasteiger partial charge >= 0.3 is 0 Å². The third kappa shape index (κ3) is 4.21. The van der Waals surface area contributed by atoms with Crippen molar-refractivity contribution in [2.45, 2.75) is 0 Å². The van der Waals surface area contributed by atoms with Crippen LogP contribution in [0.2, 0.25) is 0 Å². The minimum atomic E-state index is -0.342. The SMILES string of the molecule is N=C(COc1ccc(F)cc1)NC[C]=O. The zero-order valence-corrected chi connectivity index (χ0v) is 7.92. The molecule has 0 atom stereocenters. The first kappa shape index (κ1) is 11.2. The Hall–Kier alpha value is -1.91. The van der Waals surface area contributed by atoms with Crippen LogP contribution in [-0.2, 0) is 4.79 Å². The molecule has 79 valence electrons. The molecule has 1 rings (SSSR count). The molecule has 0 aliphatic rings. The molecule has 0 aromatic heterocycles. The van der Waals surface area contributed by atoms with Gasteiger partial charge in [0.2, 0.25) is 6.29 Å². The second-order valence-corrected chi connectivity index (χ2v) is 2.72. The van der Waals surface area contributed by atoms with Gasteiger partial charge in [-0.2, -0.15) is 0 Å². The summed E-state index contributed by atoms with van der Waals surface area (Å²) in [5.41, 5.74) is 0. The first-order valence-electron chi connectivity index (χ1n) is 4.27. The minimum absolute atomic E-state index is 0.00725. The van der Waals surface area contributed by atoms with Gasteiger partial charge in [0.25, 0.3) is 0 Å². The molecule has 0 saturated heterocycles. The van der Waals surface area contributed by atoms with Crippen LogP contribution in [0.1, 0.15) is 0 Å². The summed E-state index contributed by atoms with van der Waals surface area (Å²) in [6.45, 7) is -0.0288. The van der Waals surface area contributed by atoms with Crippen molar-refractivity contribution in [1.29, 1.82) is 5.41 Å². The van der Waals surface area contributed by atoms with Gasteiger partial charge in [-0.25, -0.2) is 4.39 Å². The Labute approximate surface area is 86.6 Å². The van der Waals surface area contributed by atoms with Gasteiger partial charge in [0.15, 0.2) is 0 Å². The van der Waals surface area contributed by atoms with Gasteiger partial charge in [0.1, 0.15) is 24.0 Å². The average molecular weight is 209 g/mol. The van der Waals surface area contributed by atoms with Gasteiger partial charge in [-0.05, 0) is 24.3 Å². The number of carbonyl (C=O) groups excluding carboxylic acids is 1. The zero-order valence-electron chi connectivity index (χ0n) is 7.92. The fourth-order valence-corrected chi connectivity index (χ4v) is 0.880. The molecule has 1 aromatic rings.